The van der Waals surface area contributed by atoms with Gasteiger partial charge in [-0.05, 0) is 80.1 Å². The lowest BCUT2D eigenvalue weighted by Crippen LogP contribution is -2.49. The Morgan fingerprint density at radius 1 is 0.839 bits per heavy atom. The summed E-state index contributed by atoms with van der Waals surface area (Å²) < 4.78 is 10.4. The van der Waals surface area contributed by atoms with Crippen molar-refractivity contribution in [2.45, 2.75) is 103 Å². The Bertz CT molecular complexity index is 674. The summed E-state index contributed by atoms with van der Waals surface area (Å²) >= 11 is 0. The maximum Gasteiger partial charge on any atom is 0.411 e. The fourth-order valence-electron chi connectivity index (χ4n) is 3.33. The molecule has 2 amide bonds. The Kier molecular flexibility index (Phi) is 9.60. The van der Waals surface area contributed by atoms with Crippen molar-refractivity contribution in [2.75, 3.05) is 13.1 Å². The highest BCUT2D eigenvalue weighted by Gasteiger charge is 2.34. The molecular weight excluding hydrogens is 402 g/mol. The van der Waals surface area contributed by atoms with Crippen molar-refractivity contribution < 1.29 is 29.0 Å². The van der Waals surface area contributed by atoms with Crippen LogP contribution in [0.1, 0.15) is 80.1 Å². The van der Waals surface area contributed by atoms with Gasteiger partial charge in [0, 0.05) is 13.1 Å². The number of nitrogens with zero attached hydrogens (tertiary/aromatic N) is 3. The van der Waals surface area contributed by atoms with Gasteiger partial charge in [-0.15, -0.1) is 0 Å². The van der Waals surface area contributed by atoms with Crippen LogP contribution in [0.15, 0.2) is 0 Å². The minimum absolute atomic E-state index is 0.311. The number of amides is 2. The molecule has 2 rings (SSSR count). The van der Waals surface area contributed by atoms with Crippen molar-refractivity contribution >= 4 is 18.2 Å². The van der Waals surface area contributed by atoms with Crippen LogP contribution >= 0.6 is 0 Å². The zero-order chi connectivity index (χ0) is 23.8. The van der Waals surface area contributed by atoms with Gasteiger partial charge < -0.3 is 14.6 Å². The normalized spacial score (nSPS) is 21.8. The predicted octanol–water partition coefficient (Wildman–Crippen LogP) is 4.16. The topological polar surface area (TPSA) is 120 Å². The number of piperidine rings is 2. The number of hydrogen-bond acceptors (Lipinski definition) is 6. The minimum Gasteiger partial charge on any atom is -0.480 e. The second-order valence-corrected chi connectivity index (χ2v) is 9.84. The van der Waals surface area contributed by atoms with Crippen LogP contribution in [0.2, 0.25) is 0 Å². The zero-order valence-corrected chi connectivity index (χ0v) is 19.6. The van der Waals surface area contributed by atoms with Gasteiger partial charge in [0.25, 0.3) is 0 Å². The quantitative estimate of drug-likeness (QED) is 0.651. The highest BCUT2D eigenvalue weighted by Crippen LogP contribution is 2.21. The van der Waals surface area contributed by atoms with Gasteiger partial charge in [0.1, 0.15) is 23.3 Å². The van der Waals surface area contributed by atoms with Crippen LogP contribution < -0.4 is 0 Å². The molecule has 2 aliphatic heterocycles. The number of carboxylic acids is 1. The van der Waals surface area contributed by atoms with Gasteiger partial charge in [-0.3, -0.25) is 9.80 Å². The van der Waals surface area contributed by atoms with Crippen molar-refractivity contribution in [3.8, 4) is 6.07 Å². The molecule has 0 spiro atoms. The summed E-state index contributed by atoms with van der Waals surface area (Å²) in [5.41, 5.74) is -1.08. The van der Waals surface area contributed by atoms with Crippen molar-refractivity contribution in [2.24, 2.45) is 0 Å². The first-order chi connectivity index (χ1) is 14.2. The summed E-state index contributed by atoms with van der Waals surface area (Å²) in [5.74, 6) is -0.953. The number of carbonyl (C=O) groups excluding carboxylic acids is 2. The molecule has 0 saturated carbocycles. The Morgan fingerprint density at radius 3 is 1.74 bits per heavy atom. The maximum atomic E-state index is 11.8. The number of hydrogen-bond donors (Lipinski definition) is 1. The van der Waals surface area contributed by atoms with E-state index >= 15 is 0 Å². The average molecular weight is 440 g/mol. The number of aliphatic carboxylic acids is 1. The van der Waals surface area contributed by atoms with E-state index in [0.29, 0.717) is 19.5 Å². The van der Waals surface area contributed by atoms with E-state index in [-0.39, 0.29) is 12.1 Å². The lowest BCUT2D eigenvalue weighted by molar-refractivity contribution is -0.144. The standard InChI is InChI=1S/C11H18N2O2.C11H19NO4/c1-11(2,3)15-10(14)13-7-5-4-6-9(13)8-12;1-11(2,3)16-10(15)12-7-5-4-6-8(12)9(13)14/h9H,4-7H2,1-3H3;8H,4-7H2,1-3H3,(H,13,14). The summed E-state index contributed by atoms with van der Waals surface area (Å²) in [6, 6.07) is 1.10. The van der Waals surface area contributed by atoms with Crippen LogP contribution in [0.4, 0.5) is 9.59 Å². The summed E-state index contributed by atoms with van der Waals surface area (Å²) in [6.07, 6.45) is 4.02. The summed E-state index contributed by atoms with van der Waals surface area (Å²) in [6.45, 7) is 11.9. The molecule has 2 aliphatic rings. The van der Waals surface area contributed by atoms with Gasteiger partial charge in [-0.1, -0.05) is 0 Å². The lowest BCUT2D eigenvalue weighted by Gasteiger charge is -2.34. The number of carboxylic acid groups (broad SMARTS) is 1. The van der Waals surface area contributed by atoms with Crippen LogP contribution in [0.25, 0.3) is 0 Å². The van der Waals surface area contributed by atoms with Crippen LogP contribution in [-0.4, -0.2) is 69.4 Å². The molecule has 0 aromatic rings. The van der Waals surface area contributed by atoms with Crippen molar-refractivity contribution in [3.63, 3.8) is 0 Å². The highest BCUT2D eigenvalue weighted by atomic mass is 16.6. The van der Waals surface area contributed by atoms with Gasteiger partial charge in [-0.2, -0.15) is 5.26 Å². The molecule has 2 fully saturated rings. The molecule has 0 radical (unpaired) electrons. The van der Waals surface area contributed by atoms with E-state index in [4.69, 9.17) is 19.8 Å². The van der Waals surface area contributed by atoms with E-state index in [0.717, 1.165) is 32.1 Å². The first kappa shape index (κ1) is 26.5. The molecule has 176 valence electrons. The fourth-order valence-corrected chi connectivity index (χ4v) is 3.33. The van der Waals surface area contributed by atoms with Crippen LogP contribution in [0, 0.1) is 11.3 Å². The Hall–Kier alpha value is -2.50. The third-order valence-electron chi connectivity index (χ3n) is 4.70. The van der Waals surface area contributed by atoms with E-state index in [1.165, 1.54) is 9.80 Å². The molecular formula is C22H37N3O6. The van der Waals surface area contributed by atoms with E-state index in [1.807, 2.05) is 20.8 Å². The molecule has 2 saturated heterocycles. The summed E-state index contributed by atoms with van der Waals surface area (Å²) in [5, 5.41) is 17.9. The Morgan fingerprint density at radius 2 is 1.29 bits per heavy atom. The smallest absolute Gasteiger partial charge is 0.411 e. The van der Waals surface area contributed by atoms with Gasteiger partial charge in [0.15, 0.2) is 0 Å². The Balaban J connectivity index is 0.000000311. The first-order valence-electron chi connectivity index (χ1n) is 10.9. The van der Waals surface area contributed by atoms with E-state index in [9.17, 15) is 14.4 Å². The van der Waals surface area contributed by atoms with Gasteiger partial charge in [0.05, 0.1) is 6.07 Å². The van der Waals surface area contributed by atoms with Gasteiger partial charge in [-0.25, -0.2) is 14.4 Å². The maximum absolute atomic E-state index is 11.8. The third kappa shape index (κ3) is 9.45. The number of carbonyl (C=O) groups is 3. The van der Waals surface area contributed by atoms with Crippen LogP contribution in [-0.2, 0) is 14.3 Å². The predicted molar refractivity (Wildman–Crippen MR) is 114 cm³/mol. The van der Waals surface area contributed by atoms with Gasteiger partial charge >= 0.3 is 18.2 Å². The van der Waals surface area contributed by atoms with E-state index < -0.39 is 29.3 Å². The minimum atomic E-state index is -0.953. The van der Waals surface area contributed by atoms with Crippen molar-refractivity contribution in [1.29, 1.82) is 5.26 Å². The van der Waals surface area contributed by atoms with Crippen LogP contribution in [0.5, 0.6) is 0 Å². The fraction of sp³-hybridized carbons (Fsp3) is 0.818. The second kappa shape index (κ2) is 11.2. The zero-order valence-electron chi connectivity index (χ0n) is 19.6. The van der Waals surface area contributed by atoms with Crippen molar-refractivity contribution in [1.82, 2.24) is 9.80 Å². The molecule has 9 nitrogen and oxygen atoms in total. The molecule has 2 heterocycles. The molecule has 1 N–H and O–H groups in total. The molecule has 31 heavy (non-hydrogen) atoms. The molecule has 0 aliphatic carbocycles. The van der Waals surface area contributed by atoms with E-state index in [1.54, 1.807) is 20.8 Å². The SMILES string of the molecule is CC(C)(C)OC(=O)N1CCCCC1C#N.CC(C)(C)OC(=O)N1CCCCC1C(=O)O. The second-order valence-electron chi connectivity index (χ2n) is 9.84. The number of likely N-dealkylation sites (tertiary alicyclic amines) is 2. The Labute approximate surface area is 185 Å². The molecule has 0 aromatic heterocycles. The number of nitriles is 1. The first-order valence-corrected chi connectivity index (χ1v) is 10.9. The summed E-state index contributed by atoms with van der Waals surface area (Å²) in [7, 11) is 0. The van der Waals surface area contributed by atoms with Gasteiger partial charge in [0.2, 0.25) is 0 Å². The molecule has 9 heteroatoms. The summed E-state index contributed by atoms with van der Waals surface area (Å²) in [4.78, 5) is 37.3. The molecule has 2 unspecified atom stereocenters. The largest absolute Gasteiger partial charge is 0.480 e. The number of ether oxygens (including phenoxy) is 2. The third-order valence-corrected chi connectivity index (χ3v) is 4.70. The monoisotopic (exact) mass is 439 g/mol. The molecule has 2 atom stereocenters. The van der Waals surface area contributed by atoms with Crippen molar-refractivity contribution in [3.05, 3.63) is 0 Å². The average Bonchev–Trinajstić information content (AvgIpc) is 2.65. The molecule has 0 aromatic carbocycles. The highest BCUT2D eigenvalue weighted by molar-refractivity contribution is 5.80. The lowest BCUT2D eigenvalue weighted by atomic mass is 10.0. The van der Waals surface area contributed by atoms with Crippen LogP contribution in [0.3, 0.4) is 0 Å². The van der Waals surface area contributed by atoms with E-state index in [2.05, 4.69) is 6.07 Å². The number of rotatable bonds is 1. The molecule has 0 bridgehead atoms.